The largest absolute Gasteiger partial charge is 0.418 e. The van der Waals surface area contributed by atoms with Gasteiger partial charge in [0, 0.05) is 0 Å². The predicted octanol–water partition coefficient (Wildman–Crippen LogP) is 3.40. The number of hydrogen-bond acceptors (Lipinski definition) is 0. The highest BCUT2D eigenvalue weighted by molar-refractivity contribution is 5.47. The SMILES string of the molecule is [C-]#[N+]c1ccc(F)c(C(F)(F)F)c1. The molecular weight excluding hydrogens is 186 g/mol. The molecule has 13 heavy (non-hydrogen) atoms. The molecule has 0 fully saturated rings. The molecule has 0 amide bonds. The third-order valence-electron chi connectivity index (χ3n) is 1.38. The van der Waals surface area contributed by atoms with Crippen LogP contribution in [0.25, 0.3) is 4.85 Å². The maximum Gasteiger partial charge on any atom is 0.418 e. The maximum atomic E-state index is 12.6. The van der Waals surface area contributed by atoms with Crippen LogP contribution in [0, 0.1) is 12.4 Å². The minimum atomic E-state index is -4.75. The molecule has 0 aliphatic heterocycles. The van der Waals surface area contributed by atoms with E-state index in [1.807, 2.05) is 0 Å². The number of rotatable bonds is 0. The van der Waals surface area contributed by atoms with Gasteiger partial charge < -0.3 is 0 Å². The van der Waals surface area contributed by atoms with Crippen LogP contribution in [0.1, 0.15) is 5.56 Å². The zero-order chi connectivity index (χ0) is 10.1. The average Bonchev–Trinajstić information content (AvgIpc) is 2.03. The van der Waals surface area contributed by atoms with Crippen LogP contribution in [0.4, 0.5) is 23.2 Å². The lowest BCUT2D eigenvalue weighted by Crippen LogP contribution is -2.07. The molecule has 0 heterocycles. The van der Waals surface area contributed by atoms with Crippen molar-refractivity contribution < 1.29 is 17.6 Å². The van der Waals surface area contributed by atoms with Gasteiger partial charge in [0.25, 0.3) is 0 Å². The van der Waals surface area contributed by atoms with Gasteiger partial charge in [-0.3, -0.25) is 0 Å². The molecule has 0 saturated carbocycles. The minimum Gasteiger partial charge on any atom is -0.238 e. The van der Waals surface area contributed by atoms with E-state index in [-0.39, 0.29) is 5.69 Å². The second kappa shape index (κ2) is 3.05. The van der Waals surface area contributed by atoms with Crippen LogP contribution in [0.3, 0.4) is 0 Å². The second-order valence-electron chi connectivity index (χ2n) is 2.27. The van der Waals surface area contributed by atoms with Crippen molar-refractivity contribution in [2.24, 2.45) is 0 Å². The van der Waals surface area contributed by atoms with Crippen LogP contribution >= 0.6 is 0 Å². The van der Waals surface area contributed by atoms with E-state index in [9.17, 15) is 17.6 Å². The first-order valence-corrected chi connectivity index (χ1v) is 3.19. The Morgan fingerprint density at radius 1 is 1.23 bits per heavy atom. The van der Waals surface area contributed by atoms with Crippen molar-refractivity contribution in [1.29, 1.82) is 0 Å². The van der Waals surface area contributed by atoms with Crippen molar-refractivity contribution in [2.75, 3.05) is 0 Å². The van der Waals surface area contributed by atoms with Crippen molar-refractivity contribution in [1.82, 2.24) is 0 Å². The Hall–Kier alpha value is -1.57. The van der Waals surface area contributed by atoms with Gasteiger partial charge >= 0.3 is 6.18 Å². The summed E-state index contributed by atoms with van der Waals surface area (Å²) >= 11 is 0. The molecular formula is C8H3F4N. The lowest BCUT2D eigenvalue weighted by Gasteiger charge is -2.07. The highest BCUT2D eigenvalue weighted by Gasteiger charge is 2.33. The third-order valence-corrected chi connectivity index (χ3v) is 1.38. The second-order valence-corrected chi connectivity index (χ2v) is 2.27. The predicted molar refractivity (Wildman–Crippen MR) is 37.7 cm³/mol. The first-order valence-electron chi connectivity index (χ1n) is 3.19. The normalized spacial score (nSPS) is 11.0. The molecule has 0 aromatic heterocycles. The molecule has 68 valence electrons. The van der Waals surface area contributed by atoms with E-state index in [0.717, 1.165) is 6.07 Å². The molecule has 0 N–H and O–H groups in total. The van der Waals surface area contributed by atoms with E-state index >= 15 is 0 Å². The van der Waals surface area contributed by atoms with Crippen molar-refractivity contribution >= 4 is 5.69 Å². The lowest BCUT2D eigenvalue weighted by atomic mass is 10.2. The molecule has 0 atom stereocenters. The monoisotopic (exact) mass is 189 g/mol. The van der Waals surface area contributed by atoms with E-state index in [2.05, 4.69) is 4.85 Å². The summed E-state index contributed by atoms with van der Waals surface area (Å²) in [5.74, 6) is -1.36. The van der Waals surface area contributed by atoms with Gasteiger partial charge in [0.1, 0.15) is 5.82 Å². The fraction of sp³-hybridized carbons (Fsp3) is 0.125. The highest BCUT2D eigenvalue weighted by atomic mass is 19.4. The Morgan fingerprint density at radius 2 is 1.85 bits per heavy atom. The van der Waals surface area contributed by atoms with Crippen LogP contribution in [0.5, 0.6) is 0 Å². The highest BCUT2D eigenvalue weighted by Crippen LogP contribution is 2.33. The number of halogens is 4. The molecule has 1 aromatic rings. The number of nitrogens with zero attached hydrogens (tertiary/aromatic N) is 1. The van der Waals surface area contributed by atoms with Crippen LogP contribution in [-0.2, 0) is 6.18 Å². The van der Waals surface area contributed by atoms with Crippen molar-refractivity contribution in [3.63, 3.8) is 0 Å². The molecule has 0 unspecified atom stereocenters. The Kier molecular flexibility index (Phi) is 2.24. The van der Waals surface area contributed by atoms with Crippen molar-refractivity contribution in [3.8, 4) is 0 Å². The third kappa shape index (κ3) is 1.96. The molecule has 0 aliphatic rings. The first kappa shape index (κ1) is 9.52. The van der Waals surface area contributed by atoms with Gasteiger partial charge in [-0.2, -0.15) is 13.2 Å². The van der Waals surface area contributed by atoms with Crippen molar-refractivity contribution in [3.05, 3.63) is 41.0 Å². The molecule has 0 spiro atoms. The molecule has 5 heteroatoms. The molecule has 1 aromatic carbocycles. The smallest absolute Gasteiger partial charge is 0.238 e. The minimum absolute atomic E-state index is 0.228. The fourth-order valence-corrected chi connectivity index (χ4v) is 0.800. The van der Waals surface area contributed by atoms with E-state index < -0.39 is 17.6 Å². The maximum absolute atomic E-state index is 12.6. The summed E-state index contributed by atoms with van der Waals surface area (Å²) in [6, 6.07) is 2.12. The standard InChI is InChI=1S/C8H3F4N/c1-13-5-2-3-7(9)6(4-5)8(10,11)12/h2-4H. The summed E-state index contributed by atoms with van der Waals surface area (Å²) in [5.41, 5.74) is -1.63. The van der Waals surface area contributed by atoms with E-state index in [1.54, 1.807) is 0 Å². The summed E-state index contributed by atoms with van der Waals surface area (Å²) in [7, 11) is 0. The van der Waals surface area contributed by atoms with E-state index in [0.29, 0.717) is 12.1 Å². The first-order chi connectivity index (χ1) is 5.95. The molecule has 0 radical (unpaired) electrons. The van der Waals surface area contributed by atoms with E-state index in [4.69, 9.17) is 6.57 Å². The van der Waals surface area contributed by atoms with Crippen LogP contribution in [-0.4, -0.2) is 0 Å². The van der Waals surface area contributed by atoms with Gasteiger partial charge in [0.05, 0.1) is 12.1 Å². The zero-order valence-electron chi connectivity index (χ0n) is 6.19. The van der Waals surface area contributed by atoms with Gasteiger partial charge in [0.15, 0.2) is 5.69 Å². The van der Waals surface area contributed by atoms with Crippen LogP contribution in [0.15, 0.2) is 18.2 Å². The van der Waals surface area contributed by atoms with Gasteiger partial charge in [-0.05, 0) is 12.1 Å². The lowest BCUT2D eigenvalue weighted by molar-refractivity contribution is -0.139. The van der Waals surface area contributed by atoms with Gasteiger partial charge in [-0.25, -0.2) is 9.24 Å². The molecule has 1 nitrogen and oxygen atoms in total. The molecule has 0 aliphatic carbocycles. The fourth-order valence-electron chi connectivity index (χ4n) is 0.800. The van der Waals surface area contributed by atoms with Gasteiger partial charge in [-0.15, -0.1) is 0 Å². The topological polar surface area (TPSA) is 4.36 Å². The quantitative estimate of drug-likeness (QED) is 0.435. The Balaban J connectivity index is 3.29. The Labute approximate surface area is 71.4 Å². The van der Waals surface area contributed by atoms with Gasteiger partial charge in [0.2, 0.25) is 0 Å². The number of benzene rings is 1. The summed E-state index contributed by atoms with van der Waals surface area (Å²) in [6.07, 6.45) is -4.75. The summed E-state index contributed by atoms with van der Waals surface area (Å²) in [5, 5.41) is 0. The van der Waals surface area contributed by atoms with Crippen molar-refractivity contribution in [2.45, 2.75) is 6.18 Å². The summed E-state index contributed by atoms with van der Waals surface area (Å²) < 4.78 is 48.6. The molecule has 1 rings (SSSR count). The number of hydrogen-bond donors (Lipinski definition) is 0. The van der Waals surface area contributed by atoms with Crippen LogP contribution in [0.2, 0.25) is 0 Å². The van der Waals surface area contributed by atoms with Crippen LogP contribution < -0.4 is 0 Å². The Bertz CT molecular complexity index is 361. The van der Waals surface area contributed by atoms with E-state index in [1.165, 1.54) is 0 Å². The average molecular weight is 189 g/mol. The molecule has 0 bridgehead atoms. The zero-order valence-corrected chi connectivity index (χ0v) is 6.19. The number of alkyl halides is 3. The Morgan fingerprint density at radius 3 is 2.31 bits per heavy atom. The summed E-state index contributed by atoms with van der Waals surface area (Å²) in [4.78, 5) is 2.77. The molecule has 0 saturated heterocycles. The summed E-state index contributed by atoms with van der Waals surface area (Å²) in [6.45, 7) is 6.45. The van der Waals surface area contributed by atoms with Gasteiger partial charge in [-0.1, -0.05) is 6.07 Å².